The van der Waals surface area contributed by atoms with Crippen molar-refractivity contribution in [1.82, 2.24) is 14.3 Å². The van der Waals surface area contributed by atoms with E-state index in [-0.39, 0.29) is 11.5 Å². The van der Waals surface area contributed by atoms with Crippen molar-refractivity contribution in [2.75, 3.05) is 12.4 Å². The number of rotatable bonds is 4. The number of fused-ring (bicyclic) bond motifs is 1. The lowest BCUT2D eigenvalue weighted by Gasteiger charge is -2.12. The number of thioether (sulfide) groups is 1. The molecule has 4 rings (SSSR count). The number of hydrogen-bond donors (Lipinski definition) is 1. The largest absolute Gasteiger partial charge is 0.365 e. The summed E-state index contributed by atoms with van der Waals surface area (Å²) in [6.07, 6.45) is 3.27. The predicted octanol–water partition coefficient (Wildman–Crippen LogP) is 3.75. The van der Waals surface area contributed by atoms with Crippen LogP contribution < -0.4 is 10.9 Å². The third kappa shape index (κ3) is 3.76. The molecule has 2 aromatic heterocycles. The standard InChI is InChI=1S/C22H20N4O2S2/c1-13-6-8-15(9-7-13)12-23-18-16(11-17-21(28)25(3)22(29)30-17)20(27)26-10-4-5-14(2)19(26)24-18/h4-11,23H,12H2,1-3H3. The van der Waals surface area contributed by atoms with E-state index in [1.54, 1.807) is 25.4 Å². The van der Waals surface area contributed by atoms with Crippen molar-refractivity contribution in [1.29, 1.82) is 0 Å². The first-order valence-electron chi connectivity index (χ1n) is 9.38. The molecule has 0 aliphatic carbocycles. The van der Waals surface area contributed by atoms with Gasteiger partial charge in [-0.2, -0.15) is 0 Å². The third-order valence-corrected chi connectivity index (χ3v) is 6.41. The van der Waals surface area contributed by atoms with Crippen molar-refractivity contribution < 1.29 is 4.79 Å². The maximum Gasteiger partial charge on any atom is 0.267 e. The summed E-state index contributed by atoms with van der Waals surface area (Å²) in [6.45, 7) is 4.45. The average Bonchev–Trinajstić information content (AvgIpc) is 2.97. The van der Waals surface area contributed by atoms with E-state index in [1.165, 1.54) is 26.6 Å². The summed E-state index contributed by atoms with van der Waals surface area (Å²) in [6, 6.07) is 11.9. The number of aromatic nitrogens is 2. The zero-order valence-corrected chi connectivity index (χ0v) is 18.4. The molecule has 0 saturated carbocycles. The van der Waals surface area contributed by atoms with Crippen molar-refractivity contribution in [3.05, 3.63) is 80.1 Å². The van der Waals surface area contributed by atoms with Gasteiger partial charge in [-0.15, -0.1) is 0 Å². The normalized spacial score (nSPS) is 15.4. The molecule has 1 aliphatic rings. The number of carbonyl (C=O) groups excluding carboxylic acids is 1. The fraction of sp³-hybridized carbons (Fsp3) is 0.182. The van der Waals surface area contributed by atoms with Gasteiger partial charge in [-0.1, -0.05) is 59.9 Å². The Hall–Kier alpha value is -2.97. The SMILES string of the molecule is Cc1ccc(CNc2nc3c(C)cccn3c(=O)c2C=C2SC(=S)N(C)C2=O)cc1. The Kier molecular flexibility index (Phi) is 5.44. The Morgan fingerprint density at radius 3 is 2.57 bits per heavy atom. The Morgan fingerprint density at radius 1 is 1.17 bits per heavy atom. The molecule has 3 aromatic rings. The minimum absolute atomic E-state index is 0.219. The van der Waals surface area contributed by atoms with Crippen LogP contribution in [0.15, 0.2) is 52.3 Å². The molecule has 0 bridgehead atoms. The van der Waals surface area contributed by atoms with Crippen LogP contribution in [0, 0.1) is 13.8 Å². The zero-order valence-electron chi connectivity index (χ0n) is 16.8. The number of nitrogens with one attached hydrogen (secondary N) is 1. The van der Waals surface area contributed by atoms with Crippen LogP contribution in [-0.2, 0) is 11.3 Å². The maximum absolute atomic E-state index is 13.3. The number of nitrogens with zero attached hydrogens (tertiary/aromatic N) is 3. The molecule has 30 heavy (non-hydrogen) atoms. The Bertz CT molecular complexity index is 1260. The molecule has 0 atom stereocenters. The van der Waals surface area contributed by atoms with Gasteiger partial charge in [-0.3, -0.25) is 18.9 Å². The lowest BCUT2D eigenvalue weighted by atomic mass is 10.1. The quantitative estimate of drug-likeness (QED) is 0.496. The number of hydrogen-bond acceptors (Lipinski definition) is 6. The van der Waals surface area contributed by atoms with Crippen LogP contribution in [-0.4, -0.2) is 31.6 Å². The van der Waals surface area contributed by atoms with E-state index in [1.807, 2.05) is 44.2 Å². The van der Waals surface area contributed by atoms with Crippen LogP contribution in [0.5, 0.6) is 0 Å². The topological polar surface area (TPSA) is 66.7 Å². The summed E-state index contributed by atoms with van der Waals surface area (Å²) in [5.74, 6) is 0.222. The smallest absolute Gasteiger partial charge is 0.267 e. The van der Waals surface area contributed by atoms with E-state index in [4.69, 9.17) is 17.2 Å². The molecule has 1 saturated heterocycles. The first-order valence-corrected chi connectivity index (χ1v) is 10.6. The third-order valence-electron chi connectivity index (χ3n) is 4.93. The zero-order chi connectivity index (χ0) is 21.4. The van der Waals surface area contributed by atoms with Crippen LogP contribution >= 0.6 is 24.0 Å². The van der Waals surface area contributed by atoms with Gasteiger partial charge in [0.25, 0.3) is 11.5 Å². The van der Waals surface area contributed by atoms with Gasteiger partial charge in [-0.05, 0) is 37.1 Å². The number of amides is 1. The van der Waals surface area contributed by atoms with Crippen LogP contribution in [0.4, 0.5) is 5.82 Å². The summed E-state index contributed by atoms with van der Waals surface area (Å²) in [4.78, 5) is 32.3. The fourth-order valence-electron chi connectivity index (χ4n) is 3.14. The van der Waals surface area contributed by atoms with Crippen LogP contribution in [0.1, 0.15) is 22.3 Å². The predicted molar refractivity (Wildman–Crippen MR) is 126 cm³/mol. The van der Waals surface area contributed by atoms with Gasteiger partial charge >= 0.3 is 0 Å². The Morgan fingerprint density at radius 2 is 1.90 bits per heavy atom. The molecule has 1 amide bonds. The Labute approximate surface area is 183 Å². The highest BCUT2D eigenvalue weighted by molar-refractivity contribution is 8.26. The van der Waals surface area contributed by atoms with Crippen molar-refractivity contribution in [2.45, 2.75) is 20.4 Å². The molecular weight excluding hydrogens is 416 g/mol. The lowest BCUT2D eigenvalue weighted by Crippen LogP contribution is -2.23. The second-order valence-electron chi connectivity index (χ2n) is 7.14. The maximum atomic E-state index is 13.3. The molecule has 152 valence electrons. The van der Waals surface area contributed by atoms with Gasteiger partial charge in [0.05, 0.1) is 10.5 Å². The van der Waals surface area contributed by atoms with Gasteiger partial charge in [0.2, 0.25) is 0 Å². The second-order valence-corrected chi connectivity index (χ2v) is 8.82. The summed E-state index contributed by atoms with van der Waals surface area (Å²) < 4.78 is 1.97. The molecule has 1 fully saturated rings. The highest BCUT2D eigenvalue weighted by Gasteiger charge is 2.29. The minimum atomic E-state index is -0.239. The lowest BCUT2D eigenvalue weighted by molar-refractivity contribution is -0.121. The molecule has 6 nitrogen and oxygen atoms in total. The van der Waals surface area contributed by atoms with E-state index in [9.17, 15) is 9.59 Å². The van der Waals surface area contributed by atoms with Crippen LogP contribution in [0.3, 0.4) is 0 Å². The average molecular weight is 437 g/mol. The molecule has 0 spiro atoms. The molecule has 1 aromatic carbocycles. The number of thiocarbonyl (C=S) groups is 1. The first kappa shape index (κ1) is 20.3. The summed E-state index contributed by atoms with van der Waals surface area (Å²) in [5, 5.41) is 3.28. The molecule has 3 heterocycles. The van der Waals surface area contributed by atoms with Crippen molar-refractivity contribution in [2.24, 2.45) is 0 Å². The highest BCUT2D eigenvalue weighted by Crippen LogP contribution is 2.32. The number of benzene rings is 1. The highest BCUT2D eigenvalue weighted by atomic mass is 32.2. The summed E-state index contributed by atoms with van der Waals surface area (Å²) >= 11 is 6.39. The van der Waals surface area contributed by atoms with E-state index < -0.39 is 0 Å². The number of pyridine rings is 1. The Balaban J connectivity index is 1.82. The molecule has 0 radical (unpaired) electrons. The number of aryl methyl sites for hydroxylation is 2. The minimum Gasteiger partial charge on any atom is -0.365 e. The van der Waals surface area contributed by atoms with Gasteiger partial charge in [0.15, 0.2) is 0 Å². The summed E-state index contributed by atoms with van der Waals surface area (Å²) in [5.41, 5.74) is 3.81. The van der Waals surface area contributed by atoms with Crippen molar-refractivity contribution >= 4 is 51.7 Å². The molecule has 8 heteroatoms. The van der Waals surface area contributed by atoms with Crippen molar-refractivity contribution in [3.8, 4) is 0 Å². The first-order chi connectivity index (χ1) is 14.3. The van der Waals surface area contributed by atoms with Crippen LogP contribution in [0.2, 0.25) is 0 Å². The molecule has 0 unspecified atom stereocenters. The van der Waals surface area contributed by atoms with E-state index in [0.717, 1.165) is 11.1 Å². The molecule has 1 aliphatic heterocycles. The second kappa shape index (κ2) is 8.04. The van der Waals surface area contributed by atoms with E-state index in [0.29, 0.717) is 32.8 Å². The molecular formula is C22H20N4O2S2. The number of carbonyl (C=O) groups is 1. The van der Waals surface area contributed by atoms with Gasteiger partial charge in [-0.25, -0.2) is 4.98 Å². The summed E-state index contributed by atoms with van der Waals surface area (Å²) in [7, 11) is 1.63. The fourth-order valence-corrected chi connectivity index (χ4v) is 4.31. The number of likely N-dealkylation sites (N-methyl/N-ethyl adjacent to an activating group) is 1. The van der Waals surface area contributed by atoms with E-state index >= 15 is 0 Å². The van der Waals surface area contributed by atoms with Gasteiger partial charge in [0, 0.05) is 19.8 Å². The van der Waals surface area contributed by atoms with Crippen LogP contribution in [0.25, 0.3) is 11.7 Å². The monoisotopic (exact) mass is 436 g/mol. The van der Waals surface area contributed by atoms with Crippen molar-refractivity contribution in [3.63, 3.8) is 0 Å². The molecule has 1 N–H and O–H groups in total. The van der Waals surface area contributed by atoms with Gasteiger partial charge in [0.1, 0.15) is 15.8 Å². The van der Waals surface area contributed by atoms with Gasteiger partial charge < -0.3 is 5.32 Å². The van der Waals surface area contributed by atoms with E-state index in [2.05, 4.69) is 5.32 Å². The number of anilines is 1.